The van der Waals surface area contributed by atoms with Crippen LogP contribution in [0, 0.1) is 0 Å². The van der Waals surface area contributed by atoms with Crippen LogP contribution in [0.15, 0.2) is 0 Å². The molecule has 0 aromatic heterocycles. The molecule has 0 radical (unpaired) electrons. The van der Waals surface area contributed by atoms with E-state index < -0.39 is 29.7 Å². The van der Waals surface area contributed by atoms with E-state index in [-0.39, 0.29) is 0 Å². The molecule has 0 amide bonds. The van der Waals surface area contributed by atoms with Crippen molar-refractivity contribution in [3.63, 3.8) is 0 Å². The van der Waals surface area contributed by atoms with Crippen LogP contribution in [-0.4, -0.2) is 55.5 Å². The van der Waals surface area contributed by atoms with E-state index in [1.807, 2.05) is 0 Å². The van der Waals surface area contributed by atoms with Gasteiger partial charge in [-0.3, -0.25) is 0 Å². The highest BCUT2D eigenvalue weighted by Gasteiger charge is 2.37. The topological polar surface area (TPSA) is 71.3 Å². The SMILES string of the molecule is CCCCCCP(CCCCCC)(CCCCCC)=[N+]=P(CCCCCC)(CCCCCC)CCCCCC.O=S(=O)([O-])C(F)(F)F. The number of halogens is 3. The first-order valence-electron chi connectivity index (χ1n) is 19.8. The number of nitrogens with zero attached hydrogens (tertiary/aromatic N) is 1. The van der Waals surface area contributed by atoms with Gasteiger partial charge in [0.2, 0.25) is 14.1 Å². The van der Waals surface area contributed by atoms with E-state index in [2.05, 4.69) is 41.5 Å². The summed E-state index contributed by atoms with van der Waals surface area (Å²) in [7, 11) is -8.55. The summed E-state index contributed by atoms with van der Waals surface area (Å²) >= 11 is 0. The quantitative estimate of drug-likeness (QED) is 0.0242. The van der Waals surface area contributed by atoms with Crippen LogP contribution in [0.5, 0.6) is 0 Å². The predicted octanol–water partition coefficient (Wildman–Crippen LogP) is 14.0. The van der Waals surface area contributed by atoms with Crippen LogP contribution in [0.4, 0.5) is 13.2 Å². The minimum absolute atomic E-state index is 1.23. The van der Waals surface area contributed by atoms with Gasteiger partial charge >= 0.3 is 5.51 Å². The Kier molecular flexibility index (Phi) is 32.6. The second-order valence-electron chi connectivity index (χ2n) is 13.9. The lowest BCUT2D eigenvalue weighted by Crippen LogP contribution is -2.21. The molecule has 0 rings (SSSR count). The molecule has 47 heavy (non-hydrogen) atoms. The Hall–Kier alpha value is 0.270. The molecular formula is C37H78F3NO3P2S. The largest absolute Gasteiger partial charge is 0.741 e. The van der Waals surface area contributed by atoms with Gasteiger partial charge in [0.15, 0.2) is 10.1 Å². The lowest BCUT2D eigenvalue weighted by atomic mass is 10.2. The Balaban J connectivity index is 0. The third kappa shape index (κ3) is 27.6. The number of alkyl halides is 3. The molecule has 0 heterocycles. The molecule has 0 aliphatic rings. The van der Waals surface area contributed by atoms with Crippen molar-refractivity contribution in [1.82, 2.24) is 4.17 Å². The minimum Gasteiger partial charge on any atom is -0.741 e. The summed E-state index contributed by atoms with van der Waals surface area (Å²) in [6.07, 6.45) is 43.3. The van der Waals surface area contributed by atoms with Crippen molar-refractivity contribution in [2.24, 2.45) is 0 Å². The summed E-state index contributed by atoms with van der Waals surface area (Å²) in [4.78, 5) is 0. The van der Waals surface area contributed by atoms with Gasteiger partial charge < -0.3 is 4.55 Å². The number of hydrogen-bond acceptors (Lipinski definition) is 3. The van der Waals surface area contributed by atoms with Crippen molar-refractivity contribution in [2.75, 3.05) is 37.0 Å². The maximum atomic E-state index is 10.7. The summed E-state index contributed by atoms with van der Waals surface area (Å²) in [5.41, 5.74) is -5.65. The highest BCUT2D eigenvalue weighted by atomic mass is 32.2. The first-order chi connectivity index (χ1) is 22.3. The fourth-order valence-electron chi connectivity index (χ4n) is 6.34. The van der Waals surface area contributed by atoms with Crippen LogP contribution < -0.4 is 4.17 Å². The molecule has 0 aliphatic heterocycles. The Morgan fingerprint density at radius 2 is 0.596 bits per heavy atom. The Morgan fingerprint density at radius 3 is 0.723 bits per heavy atom. The van der Waals surface area contributed by atoms with Crippen molar-refractivity contribution < 1.29 is 26.1 Å². The van der Waals surface area contributed by atoms with Crippen LogP contribution in [-0.2, 0) is 10.1 Å². The van der Waals surface area contributed by atoms with Crippen LogP contribution in [0.3, 0.4) is 0 Å². The first-order valence-corrected chi connectivity index (χ1v) is 25.8. The zero-order valence-corrected chi connectivity index (χ0v) is 34.4. The van der Waals surface area contributed by atoms with Gasteiger partial charge in [0, 0.05) is 37.0 Å². The van der Waals surface area contributed by atoms with Gasteiger partial charge in [0.25, 0.3) is 0 Å². The van der Waals surface area contributed by atoms with Crippen molar-refractivity contribution in [3.05, 3.63) is 0 Å². The molecule has 0 N–H and O–H groups in total. The minimum atomic E-state index is -6.09. The maximum Gasteiger partial charge on any atom is 0.485 e. The van der Waals surface area contributed by atoms with Gasteiger partial charge in [-0.25, -0.2) is 8.42 Å². The Labute approximate surface area is 291 Å². The molecule has 0 aliphatic carbocycles. The highest BCUT2D eigenvalue weighted by Crippen LogP contribution is 2.56. The molecule has 0 saturated carbocycles. The van der Waals surface area contributed by atoms with Crippen LogP contribution >= 0.6 is 14.1 Å². The zero-order valence-electron chi connectivity index (χ0n) is 31.8. The summed E-state index contributed by atoms with van der Waals surface area (Å²) in [5.74, 6) is 0. The molecule has 0 saturated heterocycles. The van der Waals surface area contributed by atoms with Crippen molar-refractivity contribution >= 4 is 24.2 Å². The van der Waals surface area contributed by atoms with E-state index in [1.165, 1.54) is 191 Å². The second-order valence-corrected chi connectivity index (χ2v) is 23.0. The highest BCUT2D eigenvalue weighted by molar-refractivity contribution is 7.86. The fraction of sp³-hybridized carbons (Fsp3) is 1.00. The lowest BCUT2D eigenvalue weighted by molar-refractivity contribution is -0.0517. The third-order valence-corrected chi connectivity index (χ3v) is 19.7. The summed E-state index contributed by atoms with van der Waals surface area (Å²) in [6.45, 7) is 14.3. The van der Waals surface area contributed by atoms with Gasteiger partial charge in [-0.2, -0.15) is 17.3 Å². The second kappa shape index (κ2) is 31.0. The standard InChI is InChI=1S/C36H78NP2.CHF3O3S/c1-7-13-19-25-31-38(32-26-20-14-8-2,33-27-21-15-9-3)37-39(34-28-22-16-10-4,35-29-23-17-11-5)36-30-24-18-12-6;2-1(3,4)8(5,6)7/h7-36H2,1-6H3;(H,5,6,7)/q+1;/p-1. The van der Waals surface area contributed by atoms with E-state index >= 15 is 0 Å². The first kappa shape index (κ1) is 49.4. The molecule has 0 unspecified atom stereocenters. The van der Waals surface area contributed by atoms with Gasteiger partial charge in [-0.15, -0.1) is 0 Å². The fourth-order valence-corrected chi connectivity index (χ4v) is 17.9. The third-order valence-electron chi connectivity index (χ3n) is 9.23. The average molecular weight is 736 g/mol. The number of rotatable bonds is 30. The van der Waals surface area contributed by atoms with Crippen LogP contribution in [0.2, 0.25) is 0 Å². The monoisotopic (exact) mass is 736 g/mol. The Bertz CT molecular complexity index is 810. The van der Waals surface area contributed by atoms with E-state index in [0.29, 0.717) is 0 Å². The van der Waals surface area contributed by atoms with Crippen molar-refractivity contribution in [3.8, 4) is 0 Å². The number of hydrogen-bond donors (Lipinski definition) is 0. The summed E-state index contributed by atoms with van der Waals surface area (Å²) in [5, 5.41) is 0. The van der Waals surface area contributed by atoms with E-state index in [9.17, 15) is 13.2 Å². The van der Waals surface area contributed by atoms with Crippen molar-refractivity contribution in [1.29, 1.82) is 0 Å². The molecule has 286 valence electrons. The molecule has 4 nitrogen and oxygen atoms in total. The summed E-state index contributed by atoms with van der Waals surface area (Å²) < 4.78 is 65.4. The normalized spacial score (nSPS) is 12.6. The Morgan fingerprint density at radius 1 is 0.426 bits per heavy atom. The van der Waals surface area contributed by atoms with Gasteiger partial charge in [-0.1, -0.05) is 157 Å². The van der Waals surface area contributed by atoms with Gasteiger partial charge in [0.1, 0.15) is 0 Å². The summed E-state index contributed by atoms with van der Waals surface area (Å²) in [6, 6.07) is 0. The predicted molar refractivity (Wildman–Crippen MR) is 206 cm³/mol. The van der Waals surface area contributed by atoms with E-state index in [0.717, 1.165) is 0 Å². The average Bonchev–Trinajstić information content (AvgIpc) is 3.02. The molecule has 0 atom stereocenters. The molecule has 0 fully saturated rings. The molecule has 0 aromatic carbocycles. The van der Waals surface area contributed by atoms with E-state index in [4.69, 9.17) is 17.1 Å². The molecule has 0 spiro atoms. The maximum absolute atomic E-state index is 10.7. The van der Waals surface area contributed by atoms with Crippen LogP contribution in [0.25, 0.3) is 0 Å². The lowest BCUT2D eigenvalue weighted by Gasteiger charge is -2.20. The molecule has 10 heteroatoms. The smallest absolute Gasteiger partial charge is 0.485 e. The number of unbranched alkanes of at least 4 members (excludes halogenated alkanes) is 18. The zero-order chi connectivity index (χ0) is 35.9. The van der Waals surface area contributed by atoms with Crippen molar-refractivity contribution in [2.45, 2.75) is 201 Å². The van der Waals surface area contributed by atoms with Gasteiger partial charge in [0.05, 0.1) is 0 Å². The van der Waals surface area contributed by atoms with E-state index in [1.54, 1.807) is 0 Å². The molecule has 0 bridgehead atoms. The molecular weight excluding hydrogens is 657 g/mol. The van der Waals surface area contributed by atoms with Gasteiger partial charge in [-0.05, 0) is 38.5 Å². The molecule has 0 aromatic rings. The van der Waals surface area contributed by atoms with Crippen LogP contribution in [0.1, 0.15) is 196 Å².